The molecule has 118 valence electrons. The van der Waals surface area contributed by atoms with Crippen LogP contribution in [0.2, 0.25) is 0 Å². The summed E-state index contributed by atoms with van der Waals surface area (Å²) in [7, 11) is -1.92. The first-order chi connectivity index (χ1) is 9.80. The van der Waals surface area contributed by atoms with Crippen LogP contribution in [0, 0.1) is 5.41 Å². The molecular weight excluding hydrogens is 288 g/mol. The molecule has 0 radical (unpaired) electrons. The summed E-state index contributed by atoms with van der Waals surface area (Å²) in [5.74, 6) is 0.621. The van der Waals surface area contributed by atoms with Gasteiger partial charge in [0.2, 0.25) is 10.0 Å². The second-order valence-corrected chi connectivity index (χ2v) is 8.22. The van der Waals surface area contributed by atoms with Gasteiger partial charge in [0.1, 0.15) is 5.75 Å². The standard InChI is InChI=1S/C15H24N2O3S/c1-15(2)7-4-8-17(11-15)21(18,19)13-5-6-14(20-3)12(9-13)10-16/h5-6,9H,4,7-8,10-11,16H2,1-3H3. The maximum absolute atomic E-state index is 12.8. The zero-order valence-electron chi connectivity index (χ0n) is 12.9. The zero-order valence-corrected chi connectivity index (χ0v) is 13.7. The van der Waals surface area contributed by atoms with Crippen molar-refractivity contribution in [3.63, 3.8) is 0 Å². The highest BCUT2D eigenvalue weighted by atomic mass is 32.2. The maximum atomic E-state index is 12.8. The second kappa shape index (κ2) is 5.94. The number of methoxy groups -OCH3 is 1. The van der Waals surface area contributed by atoms with Crippen LogP contribution in [0.3, 0.4) is 0 Å². The van der Waals surface area contributed by atoms with Crippen molar-refractivity contribution < 1.29 is 13.2 Å². The van der Waals surface area contributed by atoms with Gasteiger partial charge in [-0.25, -0.2) is 8.42 Å². The third kappa shape index (κ3) is 3.39. The molecule has 1 aliphatic heterocycles. The molecule has 2 rings (SSSR count). The highest BCUT2D eigenvalue weighted by molar-refractivity contribution is 7.89. The van der Waals surface area contributed by atoms with Crippen molar-refractivity contribution in [2.24, 2.45) is 11.1 Å². The van der Waals surface area contributed by atoms with Crippen LogP contribution in [0.5, 0.6) is 5.75 Å². The topological polar surface area (TPSA) is 72.6 Å². The van der Waals surface area contributed by atoms with Crippen molar-refractivity contribution in [1.29, 1.82) is 0 Å². The Morgan fingerprint density at radius 3 is 2.67 bits per heavy atom. The molecule has 2 N–H and O–H groups in total. The number of hydrogen-bond donors (Lipinski definition) is 1. The molecule has 0 amide bonds. The quantitative estimate of drug-likeness (QED) is 0.922. The van der Waals surface area contributed by atoms with Gasteiger partial charge in [-0.2, -0.15) is 4.31 Å². The molecule has 0 unspecified atom stereocenters. The SMILES string of the molecule is COc1ccc(S(=O)(=O)N2CCCC(C)(C)C2)cc1CN. The van der Waals surface area contributed by atoms with Crippen LogP contribution in [0.15, 0.2) is 23.1 Å². The monoisotopic (exact) mass is 312 g/mol. The fourth-order valence-corrected chi connectivity index (χ4v) is 4.52. The van der Waals surface area contributed by atoms with E-state index in [1.54, 1.807) is 29.6 Å². The lowest BCUT2D eigenvalue weighted by Crippen LogP contribution is -2.43. The molecule has 0 atom stereocenters. The molecule has 0 saturated carbocycles. The molecule has 1 aliphatic rings. The highest BCUT2D eigenvalue weighted by Gasteiger charge is 2.34. The molecule has 1 saturated heterocycles. The van der Waals surface area contributed by atoms with Crippen molar-refractivity contribution >= 4 is 10.0 Å². The van der Waals surface area contributed by atoms with Crippen LogP contribution in [0.25, 0.3) is 0 Å². The van der Waals surface area contributed by atoms with Gasteiger partial charge in [-0.3, -0.25) is 0 Å². The Hall–Kier alpha value is -1.11. The van der Waals surface area contributed by atoms with E-state index in [1.165, 1.54) is 0 Å². The number of nitrogens with two attached hydrogens (primary N) is 1. The fourth-order valence-electron chi connectivity index (χ4n) is 2.80. The van der Waals surface area contributed by atoms with Crippen molar-refractivity contribution in [1.82, 2.24) is 4.31 Å². The lowest BCUT2D eigenvalue weighted by atomic mass is 9.85. The number of benzene rings is 1. The first-order valence-corrected chi connectivity index (χ1v) is 8.61. The smallest absolute Gasteiger partial charge is 0.243 e. The number of ether oxygens (including phenoxy) is 1. The van der Waals surface area contributed by atoms with Gasteiger partial charge in [0.05, 0.1) is 12.0 Å². The minimum absolute atomic E-state index is 0.0223. The molecular formula is C15H24N2O3S. The third-order valence-corrected chi connectivity index (χ3v) is 5.82. The Morgan fingerprint density at radius 2 is 2.10 bits per heavy atom. The normalized spacial score (nSPS) is 19.4. The summed E-state index contributed by atoms with van der Waals surface area (Å²) < 4.78 is 32.4. The number of rotatable bonds is 4. The van der Waals surface area contributed by atoms with E-state index in [4.69, 9.17) is 10.5 Å². The molecule has 1 aromatic carbocycles. The van der Waals surface area contributed by atoms with E-state index < -0.39 is 10.0 Å². The second-order valence-electron chi connectivity index (χ2n) is 6.28. The van der Waals surface area contributed by atoms with Crippen LogP contribution < -0.4 is 10.5 Å². The van der Waals surface area contributed by atoms with E-state index in [-0.39, 0.29) is 12.0 Å². The first kappa shape index (κ1) is 16.3. The Bertz CT molecular complexity index is 611. The van der Waals surface area contributed by atoms with Gasteiger partial charge < -0.3 is 10.5 Å². The lowest BCUT2D eigenvalue weighted by Gasteiger charge is -2.37. The fraction of sp³-hybridized carbons (Fsp3) is 0.600. The third-order valence-electron chi connectivity index (χ3n) is 3.98. The summed E-state index contributed by atoms with van der Waals surface area (Å²) in [5.41, 5.74) is 6.40. The van der Waals surface area contributed by atoms with Crippen molar-refractivity contribution in [2.45, 2.75) is 38.1 Å². The summed E-state index contributed by atoms with van der Waals surface area (Å²) >= 11 is 0. The Balaban J connectivity index is 2.35. The van der Waals surface area contributed by atoms with Crippen LogP contribution in [-0.4, -0.2) is 32.9 Å². The molecule has 1 aromatic rings. The summed E-state index contributed by atoms with van der Waals surface area (Å²) in [5, 5.41) is 0. The zero-order chi connectivity index (χ0) is 15.7. The van der Waals surface area contributed by atoms with Crippen LogP contribution in [-0.2, 0) is 16.6 Å². The minimum Gasteiger partial charge on any atom is -0.496 e. The van der Waals surface area contributed by atoms with E-state index in [9.17, 15) is 8.42 Å². The minimum atomic E-state index is -3.47. The molecule has 6 heteroatoms. The molecule has 1 fully saturated rings. The van der Waals surface area contributed by atoms with Crippen molar-refractivity contribution in [2.75, 3.05) is 20.2 Å². The number of piperidine rings is 1. The number of sulfonamides is 1. The maximum Gasteiger partial charge on any atom is 0.243 e. The van der Waals surface area contributed by atoms with E-state index in [1.807, 2.05) is 0 Å². The van der Waals surface area contributed by atoms with Gasteiger partial charge in [0, 0.05) is 25.2 Å². The van der Waals surface area contributed by atoms with Gasteiger partial charge in [-0.05, 0) is 36.5 Å². The van der Waals surface area contributed by atoms with E-state index in [0.29, 0.717) is 29.3 Å². The first-order valence-electron chi connectivity index (χ1n) is 7.17. The van der Waals surface area contributed by atoms with Gasteiger partial charge in [-0.15, -0.1) is 0 Å². The number of hydrogen-bond acceptors (Lipinski definition) is 4. The van der Waals surface area contributed by atoms with Crippen LogP contribution in [0.4, 0.5) is 0 Å². The molecule has 0 spiro atoms. The molecule has 5 nitrogen and oxygen atoms in total. The summed E-state index contributed by atoms with van der Waals surface area (Å²) in [6.45, 7) is 5.59. The molecule has 0 aromatic heterocycles. The molecule has 0 aliphatic carbocycles. The van der Waals surface area contributed by atoms with Gasteiger partial charge in [-0.1, -0.05) is 13.8 Å². The van der Waals surface area contributed by atoms with Crippen LogP contribution >= 0.6 is 0 Å². The van der Waals surface area contributed by atoms with E-state index in [2.05, 4.69) is 13.8 Å². The lowest BCUT2D eigenvalue weighted by molar-refractivity contribution is 0.187. The van der Waals surface area contributed by atoms with Crippen molar-refractivity contribution in [3.8, 4) is 5.75 Å². The molecule has 21 heavy (non-hydrogen) atoms. The van der Waals surface area contributed by atoms with E-state index >= 15 is 0 Å². The predicted octanol–water partition coefficient (Wildman–Crippen LogP) is 1.96. The van der Waals surface area contributed by atoms with E-state index in [0.717, 1.165) is 12.8 Å². The largest absolute Gasteiger partial charge is 0.496 e. The summed E-state index contributed by atoms with van der Waals surface area (Å²) in [6.07, 6.45) is 1.95. The Kier molecular flexibility index (Phi) is 4.60. The molecule has 1 heterocycles. The number of nitrogens with zero attached hydrogens (tertiary/aromatic N) is 1. The average Bonchev–Trinajstić information content (AvgIpc) is 2.45. The molecule has 0 bridgehead atoms. The van der Waals surface area contributed by atoms with Crippen molar-refractivity contribution in [3.05, 3.63) is 23.8 Å². The van der Waals surface area contributed by atoms with Gasteiger partial charge in [0.25, 0.3) is 0 Å². The average molecular weight is 312 g/mol. The Morgan fingerprint density at radius 1 is 1.38 bits per heavy atom. The summed E-state index contributed by atoms with van der Waals surface area (Å²) in [6, 6.07) is 4.88. The highest BCUT2D eigenvalue weighted by Crippen LogP contribution is 2.32. The van der Waals surface area contributed by atoms with Gasteiger partial charge in [0.15, 0.2) is 0 Å². The van der Waals surface area contributed by atoms with Crippen LogP contribution in [0.1, 0.15) is 32.3 Å². The summed E-state index contributed by atoms with van der Waals surface area (Å²) in [4.78, 5) is 0.293. The Labute approximate surface area is 127 Å². The van der Waals surface area contributed by atoms with Gasteiger partial charge >= 0.3 is 0 Å². The predicted molar refractivity (Wildman–Crippen MR) is 82.7 cm³/mol.